The van der Waals surface area contributed by atoms with Gasteiger partial charge in [-0.1, -0.05) is 38.5 Å². The van der Waals surface area contributed by atoms with E-state index in [4.69, 9.17) is 0 Å². The first-order valence-electron chi connectivity index (χ1n) is 6.47. The molecule has 0 amide bonds. The second kappa shape index (κ2) is 4.65. The van der Waals surface area contributed by atoms with E-state index in [-0.39, 0.29) is 11.0 Å². The minimum Gasteiger partial charge on any atom is -0.310 e. The molecule has 0 radical (unpaired) electrons. The molecule has 1 N–H and O–H groups in total. The summed E-state index contributed by atoms with van der Waals surface area (Å²) in [6, 6.07) is 7.77. The predicted octanol–water partition coefficient (Wildman–Crippen LogP) is 3.35. The molecule has 0 unspecified atom stereocenters. The Hall–Kier alpha value is -1.90. The lowest BCUT2D eigenvalue weighted by Crippen LogP contribution is -2.22. The Kier molecular flexibility index (Phi) is 3.31. The van der Waals surface area contributed by atoms with Crippen molar-refractivity contribution < 1.29 is 0 Å². The summed E-state index contributed by atoms with van der Waals surface area (Å²) in [4.78, 5) is 19.3. The molecule has 0 aliphatic rings. The van der Waals surface area contributed by atoms with Crippen molar-refractivity contribution >= 4 is 0 Å². The highest BCUT2D eigenvalue weighted by Gasteiger charge is 2.18. The highest BCUT2D eigenvalue weighted by atomic mass is 16.1. The summed E-state index contributed by atoms with van der Waals surface area (Å²) in [6.45, 7) is 10.2. The van der Waals surface area contributed by atoms with Crippen LogP contribution in [0.2, 0.25) is 0 Å². The van der Waals surface area contributed by atoms with E-state index in [1.54, 1.807) is 6.07 Å². The second-order valence-electron chi connectivity index (χ2n) is 6.05. The average molecular weight is 256 g/mol. The van der Waals surface area contributed by atoms with E-state index in [0.29, 0.717) is 0 Å². The quantitative estimate of drug-likeness (QED) is 0.850. The fourth-order valence-electron chi connectivity index (χ4n) is 1.96. The molecule has 0 fully saturated rings. The first-order chi connectivity index (χ1) is 8.77. The molecule has 3 heteroatoms. The van der Waals surface area contributed by atoms with Crippen molar-refractivity contribution in [2.75, 3.05) is 0 Å². The molecule has 0 saturated carbocycles. The van der Waals surface area contributed by atoms with Crippen LogP contribution in [0.5, 0.6) is 0 Å². The summed E-state index contributed by atoms with van der Waals surface area (Å²) in [6.07, 6.45) is 0. The fraction of sp³-hybridized carbons (Fsp3) is 0.375. The van der Waals surface area contributed by atoms with Crippen molar-refractivity contribution in [2.24, 2.45) is 0 Å². The van der Waals surface area contributed by atoms with Crippen LogP contribution in [-0.4, -0.2) is 9.97 Å². The van der Waals surface area contributed by atoms with Gasteiger partial charge in [-0.05, 0) is 25.5 Å². The zero-order valence-corrected chi connectivity index (χ0v) is 12.2. The third kappa shape index (κ3) is 2.92. The average Bonchev–Trinajstić information content (AvgIpc) is 2.30. The maximum absolute atomic E-state index is 11.8. The minimum absolute atomic E-state index is 0.101. The lowest BCUT2D eigenvalue weighted by Gasteiger charge is -2.18. The van der Waals surface area contributed by atoms with Crippen molar-refractivity contribution in [1.82, 2.24) is 9.97 Å². The van der Waals surface area contributed by atoms with Gasteiger partial charge in [-0.3, -0.25) is 4.79 Å². The minimum atomic E-state index is -0.174. The smallest absolute Gasteiger partial charge is 0.251 e. The largest absolute Gasteiger partial charge is 0.310 e. The third-order valence-corrected chi connectivity index (χ3v) is 3.12. The van der Waals surface area contributed by atoms with E-state index in [2.05, 4.69) is 28.2 Å². The van der Waals surface area contributed by atoms with Gasteiger partial charge in [-0.15, -0.1) is 0 Å². The van der Waals surface area contributed by atoms with Crippen molar-refractivity contribution in [2.45, 2.75) is 40.0 Å². The van der Waals surface area contributed by atoms with Crippen LogP contribution in [0.3, 0.4) is 0 Å². The van der Waals surface area contributed by atoms with Crippen molar-refractivity contribution in [3.8, 4) is 11.3 Å². The summed E-state index contributed by atoms with van der Waals surface area (Å²) in [5, 5.41) is 0. The van der Waals surface area contributed by atoms with E-state index in [9.17, 15) is 4.79 Å². The van der Waals surface area contributed by atoms with Gasteiger partial charge >= 0.3 is 0 Å². The summed E-state index contributed by atoms with van der Waals surface area (Å²) >= 11 is 0. The highest BCUT2D eigenvalue weighted by molar-refractivity contribution is 5.64. The second-order valence-corrected chi connectivity index (χ2v) is 6.05. The molecule has 1 heterocycles. The van der Waals surface area contributed by atoms with Crippen LogP contribution in [0.15, 0.2) is 29.1 Å². The first-order valence-corrected chi connectivity index (χ1v) is 6.47. The number of aryl methyl sites for hydroxylation is 2. The molecule has 2 rings (SSSR count). The Morgan fingerprint density at radius 3 is 2.42 bits per heavy atom. The highest BCUT2D eigenvalue weighted by Crippen LogP contribution is 2.24. The van der Waals surface area contributed by atoms with E-state index >= 15 is 0 Å². The summed E-state index contributed by atoms with van der Waals surface area (Å²) < 4.78 is 0. The number of aromatic nitrogens is 2. The Balaban J connectivity index is 2.66. The topological polar surface area (TPSA) is 45.8 Å². The zero-order valence-electron chi connectivity index (χ0n) is 12.2. The van der Waals surface area contributed by atoms with Crippen molar-refractivity contribution in [3.63, 3.8) is 0 Å². The van der Waals surface area contributed by atoms with Crippen LogP contribution in [0.4, 0.5) is 0 Å². The molecule has 0 saturated heterocycles. The number of H-pyrrole nitrogens is 1. The Morgan fingerprint density at radius 1 is 1.11 bits per heavy atom. The van der Waals surface area contributed by atoms with Gasteiger partial charge in [0.05, 0.1) is 5.69 Å². The Morgan fingerprint density at radius 2 is 1.79 bits per heavy atom. The van der Waals surface area contributed by atoms with Gasteiger partial charge in [-0.2, -0.15) is 0 Å². The molecular formula is C16H20N2O. The van der Waals surface area contributed by atoms with Crippen LogP contribution in [0.1, 0.15) is 37.7 Å². The zero-order chi connectivity index (χ0) is 14.2. The fourth-order valence-corrected chi connectivity index (χ4v) is 1.96. The van der Waals surface area contributed by atoms with Gasteiger partial charge in [0.25, 0.3) is 5.56 Å². The number of nitrogens with zero attached hydrogens (tertiary/aromatic N) is 1. The number of nitrogens with one attached hydrogen (secondary N) is 1. The number of hydrogen-bond acceptors (Lipinski definition) is 2. The third-order valence-electron chi connectivity index (χ3n) is 3.12. The molecule has 0 spiro atoms. The van der Waals surface area contributed by atoms with Crippen LogP contribution in [0, 0.1) is 13.8 Å². The summed E-state index contributed by atoms with van der Waals surface area (Å²) in [5.41, 5.74) is 3.79. The molecule has 100 valence electrons. The normalized spacial score (nSPS) is 11.6. The van der Waals surface area contributed by atoms with E-state index in [1.807, 2.05) is 34.6 Å². The van der Waals surface area contributed by atoms with Crippen LogP contribution < -0.4 is 5.56 Å². The molecule has 1 aromatic carbocycles. The summed E-state index contributed by atoms with van der Waals surface area (Å²) in [7, 11) is 0. The van der Waals surface area contributed by atoms with Crippen LogP contribution >= 0.6 is 0 Å². The van der Waals surface area contributed by atoms with Gasteiger partial charge in [-0.25, -0.2) is 4.98 Å². The van der Waals surface area contributed by atoms with E-state index in [1.165, 1.54) is 5.56 Å². The number of rotatable bonds is 1. The molecule has 1 aromatic heterocycles. The summed E-state index contributed by atoms with van der Waals surface area (Å²) in [5.74, 6) is 0.718. The van der Waals surface area contributed by atoms with E-state index < -0.39 is 0 Å². The lowest BCUT2D eigenvalue weighted by molar-refractivity contribution is 0.543. The number of hydrogen-bond donors (Lipinski definition) is 1. The standard InChI is InChI=1S/C16H20N2O/c1-10-6-7-11(2)12(8-10)13-9-14(19)18-15(17-13)16(3,4)5/h6-9H,1-5H3,(H,17,18,19). The van der Waals surface area contributed by atoms with Crippen molar-refractivity contribution in [3.05, 3.63) is 51.6 Å². The van der Waals surface area contributed by atoms with Gasteiger partial charge in [0.1, 0.15) is 5.82 Å². The van der Waals surface area contributed by atoms with E-state index in [0.717, 1.165) is 22.6 Å². The van der Waals surface area contributed by atoms with Crippen LogP contribution in [0.25, 0.3) is 11.3 Å². The number of benzene rings is 1. The molecule has 19 heavy (non-hydrogen) atoms. The monoisotopic (exact) mass is 256 g/mol. The van der Waals surface area contributed by atoms with Crippen LogP contribution in [-0.2, 0) is 5.41 Å². The molecule has 0 aliphatic carbocycles. The number of aromatic amines is 1. The van der Waals surface area contributed by atoms with Crippen molar-refractivity contribution in [1.29, 1.82) is 0 Å². The van der Waals surface area contributed by atoms with Gasteiger partial charge < -0.3 is 4.98 Å². The lowest BCUT2D eigenvalue weighted by atomic mass is 9.95. The Bertz CT molecular complexity index is 663. The predicted molar refractivity (Wildman–Crippen MR) is 78.5 cm³/mol. The van der Waals surface area contributed by atoms with Gasteiger partial charge in [0.15, 0.2) is 0 Å². The maximum Gasteiger partial charge on any atom is 0.251 e. The first kappa shape index (κ1) is 13.5. The molecule has 0 aliphatic heterocycles. The Labute approximate surface area is 113 Å². The molecule has 0 atom stereocenters. The molecule has 0 bridgehead atoms. The molecule has 3 nitrogen and oxygen atoms in total. The van der Waals surface area contributed by atoms with Gasteiger partial charge in [0.2, 0.25) is 0 Å². The molecular weight excluding hydrogens is 236 g/mol. The molecule has 2 aromatic rings. The van der Waals surface area contributed by atoms with Gasteiger partial charge in [0, 0.05) is 17.0 Å². The maximum atomic E-state index is 11.8. The SMILES string of the molecule is Cc1ccc(C)c(-c2cc(=O)[nH]c(C(C)(C)C)n2)c1.